The first-order valence-corrected chi connectivity index (χ1v) is 7.80. The van der Waals surface area contributed by atoms with Gasteiger partial charge in [-0.05, 0) is 38.1 Å². The highest BCUT2D eigenvalue weighted by Crippen LogP contribution is 2.32. The first kappa shape index (κ1) is 18.6. The van der Waals surface area contributed by atoms with E-state index >= 15 is 0 Å². The van der Waals surface area contributed by atoms with E-state index in [1.165, 1.54) is 19.3 Å². The Bertz CT molecular complexity index is 259. The van der Waals surface area contributed by atoms with Gasteiger partial charge in [0.1, 0.15) is 0 Å². The van der Waals surface area contributed by atoms with E-state index in [4.69, 9.17) is 5.41 Å². The summed E-state index contributed by atoms with van der Waals surface area (Å²) in [4.78, 5) is 2.57. The van der Waals surface area contributed by atoms with Crippen molar-refractivity contribution in [2.24, 2.45) is 10.8 Å². The van der Waals surface area contributed by atoms with Crippen LogP contribution >= 0.6 is 0 Å². The molecule has 0 aromatic rings. The van der Waals surface area contributed by atoms with Gasteiger partial charge in [0.25, 0.3) is 0 Å². The van der Waals surface area contributed by atoms with Crippen LogP contribution in [0.4, 0.5) is 0 Å². The van der Waals surface area contributed by atoms with Crippen LogP contribution in [-0.2, 0) is 0 Å². The molecule has 1 atom stereocenters. The van der Waals surface area contributed by atoms with Crippen molar-refractivity contribution in [2.45, 2.75) is 86.2 Å². The molecule has 1 unspecified atom stereocenters. The molecule has 1 N–H and O–H groups in total. The van der Waals surface area contributed by atoms with Gasteiger partial charge in [-0.3, -0.25) is 0 Å². The number of hydrogen-bond acceptors (Lipinski definition) is 2. The average molecular weight is 268 g/mol. The summed E-state index contributed by atoms with van der Waals surface area (Å²) in [6.45, 7) is 15.9. The van der Waals surface area contributed by atoms with Crippen LogP contribution in [0.2, 0.25) is 0 Å². The van der Waals surface area contributed by atoms with Gasteiger partial charge in [-0.25, -0.2) is 0 Å². The minimum Gasteiger partial charge on any atom is -0.313 e. The van der Waals surface area contributed by atoms with Crippen molar-refractivity contribution in [3.8, 4) is 0 Å². The minimum absolute atomic E-state index is 0.00376. The van der Waals surface area contributed by atoms with E-state index in [0.29, 0.717) is 17.5 Å². The molecule has 0 saturated carbocycles. The van der Waals surface area contributed by atoms with Crippen LogP contribution in [0.15, 0.2) is 0 Å². The Morgan fingerprint density at radius 3 is 1.74 bits per heavy atom. The Morgan fingerprint density at radius 2 is 1.42 bits per heavy atom. The van der Waals surface area contributed by atoms with E-state index in [-0.39, 0.29) is 5.41 Å². The van der Waals surface area contributed by atoms with Crippen molar-refractivity contribution in [2.75, 3.05) is 7.05 Å². The smallest absolute Gasteiger partial charge is 0.0109 e. The molecule has 0 amide bonds. The fourth-order valence-electron chi connectivity index (χ4n) is 2.90. The third-order valence-corrected chi connectivity index (χ3v) is 4.09. The van der Waals surface area contributed by atoms with Crippen molar-refractivity contribution in [3.63, 3.8) is 0 Å². The van der Waals surface area contributed by atoms with Crippen LogP contribution in [0.3, 0.4) is 0 Å². The van der Waals surface area contributed by atoms with Crippen LogP contribution in [0.25, 0.3) is 0 Å². The van der Waals surface area contributed by atoms with Crippen LogP contribution in [-0.4, -0.2) is 30.2 Å². The van der Waals surface area contributed by atoms with Crippen molar-refractivity contribution >= 4 is 6.21 Å². The van der Waals surface area contributed by atoms with Gasteiger partial charge in [0.05, 0.1) is 0 Å². The monoisotopic (exact) mass is 268 g/mol. The lowest BCUT2D eigenvalue weighted by molar-refractivity contribution is 0.101. The SMILES string of the molecule is CCC(CC)N(C)C(CC(C)(C)C)CC(C)(C)C=N. The predicted octanol–water partition coefficient (Wildman–Crippen LogP) is 4.98. The van der Waals surface area contributed by atoms with Gasteiger partial charge in [0.15, 0.2) is 0 Å². The highest BCUT2D eigenvalue weighted by Gasteiger charge is 2.30. The highest BCUT2D eigenvalue weighted by atomic mass is 15.2. The van der Waals surface area contributed by atoms with Gasteiger partial charge >= 0.3 is 0 Å². The molecule has 0 aliphatic carbocycles. The van der Waals surface area contributed by atoms with Gasteiger partial charge in [0, 0.05) is 23.7 Å². The summed E-state index contributed by atoms with van der Waals surface area (Å²) in [6.07, 6.45) is 6.29. The summed E-state index contributed by atoms with van der Waals surface area (Å²) in [5.41, 5.74) is 0.333. The molecule has 0 aliphatic rings. The normalized spacial score (nSPS) is 15.1. The Labute approximate surface area is 121 Å². The summed E-state index contributed by atoms with van der Waals surface area (Å²) >= 11 is 0. The Balaban J connectivity index is 4.99. The number of hydrogen-bond donors (Lipinski definition) is 1. The third-order valence-electron chi connectivity index (χ3n) is 4.09. The molecule has 0 rings (SSSR count). The molecular weight excluding hydrogens is 232 g/mol. The lowest BCUT2D eigenvalue weighted by Crippen LogP contribution is -2.44. The quantitative estimate of drug-likeness (QED) is 0.618. The molecule has 0 heterocycles. The third kappa shape index (κ3) is 7.10. The zero-order valence-electron chi connectivity index (χ0n) is 14.5. The molecule has 2 nitrogen and oxygen atoms in total. The zero-order chi connectivity index (χ0) is 15.3. The standard InChI is InChI=1S/C17H36N2/c1-9-14(10-2)19(8)15(11-16(3,4)5)12-17(6,7)13-18/h13-15,18H,9-12H2,1-8H3. The number of nitrogens with one attached hydrogen (secondary N) is 1. The van der Waals surface area contributed by atoms with E-state index in [9.17, 15) is 0 Å². The fourth-order valence-corrected chi connectivity index (χ4v) is 2.90. The Kier molecular flexibility index (Phi) is 7.28. The van der Waals surface area contributed by atoms with E-state index in [2.05, 4.69) is 60.4 Å². The van der Waals surface area contributed by atoms with Crippen LogP contribution in [0.5, 0.6) is 0 Å². The number of rotatable bonds is 8. The van der Waals surface area contributed by atoms with E-state index in [1.807, 2.05) is 0 Å². The molecule has 19 heavy (non-hydrogen) atoms. The summed E-state index contributed by atoms with van der Waals surface area (Å²) in [6, 6.07) is 1.22. The Hall–Kier alpha value is -0.370. The molecular formula is C17H36N2. The van der Waals surface area contributed by atoms with Gasteiger partial charge in [-0.1, -0.05) is 48.5 Å². The highest BCUT2D eigenvalue weighted by molar-refractivity contribution is 5.60. The molecule has 0 fully saturated rings. The molecule has 0 bridgehead atoms. The summed E-state index contributed by atoms with van der Waals surface area (Å²) in [5, 5.41) is 7.62. The van der Waals surface area contributed by atoms with Crippen molar-refractivity contribution in [1.82, 2.24) is 4.90 Å². The maximum Gasteiger partial charge on any atom is 0.0109 e. The molecule has 0 spiro atoms. The van der Waals surface area contributed by atoms with Gasteiger partial charge < -0.3 is 10.3 Å². The maximum atomic E-state index is 7.62. The second-order valence-corrected chi connectivity index (χ2v) is 7.89. The zero-order valence-corrected chi connectivity index (χ0v) is 14.5. The average Bonchev–Trinajstić information content (AvgIpc) is 2.27. The van der Waals surface area contributed by atoms with Crippen molar-refractivity contribution in [3.05, 3.63) is 0 Å². The van der Waals surface area contributed by atoms with Gasteiger partial charge in [0.2, 0.25) is 0 Å². The molecule has 2 heteroatoms. The second kappa shape index (κ2) is 7.42. The van der Waals surface area contributed by atoms with Crippen LogP contribution in [0, 0.1) is 16.2 Å². The van der Waals surface area contributed by atoms with Crippen LogP contribution in [0.1, 0.15) is 74.1 Å². The van der Waals surface area contributed by atoms with Crippen molar-refractivity contribution < 1.29 is 0 Å². The summed E-state index contributed by atoms with van der Waals surface area (Å²) in [7, 11) is 2.27. The molecule has 0 aromatic carbocycles. The predicted molar refractivity (Wildman–Crippen MR) is 87.2 cm³/mol. The lowest BCUT2D eigenvalue weighted by atomic mass is 9.79. The number of nitrogens with zero attached hydrogens (tertiary/aromatic N) is 1. The molecule has 0 aromatic heterocycles. The Morgan fingerprint density at radius 1 is 0.947 bits per heavy atom. The largest absolute Gasteiger partial charge is 0.313 e. The first-order valence-electron chi connectivity index (χ1n) is 7.80. The van der Waals surface area contributed by atoms with E-state index in [0.717, 1.165) is 6.42 Å². The molecule has 0 radical (unpaired) electrons. The topological polar surface area (TPSA) is 27.1 Å². The fraction of sp³-hybridized carbons (Fsp3) is 0.941. The van der Waals surface area contributed by atoms with Crippen LogP contribution < -0.4 is 0 Å². The van der Waals surface area contributed by atoms with Gasteiger partial charge in [-0.15, -0.1) is 0 Å². The molecule has 0 aliphatic heterocycles. The summed E-state index contributed by atoms with van der Waals surface area (Å²) in [5.74, 6) is 0. The second-order valence-electron chi connectivity index (χ2n) is 7.89. The van der Waals surface area contributed by atoms with E-state index < -0.39 is 0 Å². The summed E-state index contributed by atoms with van der Waals surface area (Å²) < 4.78 is 0. The van der Waals surface area contributed by atoms with Gasteiger partial charge in [-0.2, -0.15) is 0 Å². The van der Waals surface area contributed by atoms with Crippen molar-refractivity contribution in [1.29, 1.82) is 5.41 Å². The molecule has 114 valence electrons. The maximum absolute atomic E-state index is 7.62. The lowest BCUT2D eigenvalue weighted by Gasteiger charge is -2.40. The molecule has 0 saturated heterocycles. The first-order chi connectivity index (χ1) is 8.56. The minimum atomic E-state index is -0.00376. The van der Waals surface area contributed by atoms with E-state index in [1.54, 1.807) is 6.21 Å².